The van der Waals surface area contributed by atoms with Crippen LogP contribution in [-0.4, -0.2) is 44.6 Å². The smallest absolute Gasteiger partial charge is 0.305 e. The minimum atomic E-state index is -0.119. The molecule has 0 bridgehead atoms. The second-order valence-corrected chi connectivity index (χ2v) is 6.06. The fourth-order valence-electron chi connectivity index (χ4n) is 2.48. The first-order valence-electron chi connectivity index (χ1n) is 8.61. The van der Waals surface area contributed by atoms with E-state index in [2.05, 4.69) is 51.1 Å². The van der Waals surface area contributed by atoms with Gasteiger partial charge in [0, 0.05) is 33.6 Å². The summed E-state index contributed by atoms with van der Waals surface area (Å²) in [6.45, 7) is 3.82. The Morgan fingerprint density at radius 1 is 1.16 bits per heavy atom. The molecule has 25 heavy (non-hydrogen) atoms. The summed E-state index contributed by atoms with van der Waals surface area (Å²) in [7, 11) is 5.29. The van der Waals surface area contributed by atoms with Gasteiger partial charge in [-0.05, 0) is 25.3 Å². The maximum Gasteiger partial charge on any atom is 0.305 e. The Morgan fingerprint density at radius 2 is 1.80 bits per heavy atom. The van der Waals surface area contributed by atoms with Gasteiger partial charge in [0.1, 0.15) is 0 Å². The van der Waals surface area contributed by atoms with Crippen molar-refractivity contribution in [1.29, 1.82) is 0 Å². The lowest BCUT2D eigenvalue weighted by atomic mass is 10.1. The zero-order chi connectivity index (χ0) is 17.8. The molecule has 0 saturated heterocycles. The molecule has 142 valence electrons. The molecule has 5 nitrogen and oxygen atoms in total. The number of hydrogen-bond donors (Lipinski definition) is 1. The number of methoxy groups -OCH3 is 1. The molecule has 1 N–H and O–H groups in total. The number of aliphatic imine (C=N–C) groups is 1. The number of rotatable bonds is 9. The molecule has 0 fully saturated rings. The van der Waals surface area contributed by atoms with Crippen LogP contribution in [0.2, 0.25) is 0 Å². The Hall–Kier alpha value is -1.31. The first-order valence-corrected chi connectivity index (χ1v) is 8.61. The van der Waals surface area contributed by atoms with Crippen molar-refractivity contribution in [2.45, 2.75) is 45.6 Å². The van der Waals surface area contributed by atoms with Crippen LogP contribution in [-0.2, 0) is 16.1 Å². The predicted octanol–water partition coefficient (Wildman–Crippen LogP) is 3.74. The number of ether oxygens (including phenoxy) is 1. The molecule has 0 unspecified atom stereocenters. The molecular weight excluding hydrogens is 429 g/mol. The van der Waals surface area contributed by atoms with Crippen molar-refractivity contribution in [2.75, 3.05) is 27.7 Å². The molecule has 0 spiro atoms. The molecule has 0 saturated carbocycles. The van der Waals surface area contributed by atoms with Crippen molar-refractivity contribution in [3.63, 3.8) is 0 Å². The maximum atomic E-state index is 11.0. The maximum absolute atomic E-state index is 11.0. The summed E-state index contributed by atoms with van der Waals surface area (Å²) >= 11 is 0. The fraction of sp³-hybridized carbons (Fsp3) is 0.579. The summed E-state index contributed by atoms with van der Waals surface area (Å²) in [6, 6.07) is 8.57. The van der Waals surface area contributed by atoms with E-state index in [9.17, 15) is 4.79 Å². The molecule has 0 aliphatic carbocycles. The highest BCUT2D eigenvalue weighted by molar-refractivity contribution is 14.0. The zero-order valence-corrected chi connectivity index (χ0v) is 18.2. The van der Waals surface area contributed by atoms with Gasteiger partial charge in [0.2, 0.25) is 0 Å². The van der Waals surface area contributed by atoms with Crippen molar-refractivity contribution in [3.8, 4) is 0 Å². The lowest BCUT2D eigenvalue weighted by Crippen LogP contribution is -2.38. The normalized spacial score (nSPS) is 10.8. The number of nitrogens with one attached hydrogen (secondary N) is 1. The van der Waals surface area contributed by atoms with Crippen molar-refractivity contribution >= 4 is 35.9 Å². The average molecular weight is 461 g/mol. The molecule has 0 heterocycles. The van der Waals surface area contributed by atoms with Crippen LogP contribution in [0.5, 0.6) is 0 Å². The van der Waals surface area contributed by atoms with Crippen LogP contribution in [0.25, 0.3) is 0 Å². The zero-order valence-electron chi connectivity index (χ0n) is 15.9. The van der Waals surface area contributed by atoms with E-state index in [1.54, 1.807) is 0 Å². The lowest BCUT2D eigenvalue weighted by molar-refractivity contribution is -0.140. The Morgan fingerprint density at radius 3 is 2.40 bits per heavy atom. The van der Waals surface area contributed by atoms with Crippen molar-refractivity contribution in [3.05, 3.63) is 35.4 Å². The highest BCUT2D eigenvalue weighted by Crippen LogP contribution is 2.06. The van der Waals surface area contributed by atoms with Crippen molar-refractivity contribution < 1.29 is 9.53 Å². The standard InChI is InChI=1S/C19H31N3O2.HI/c1-16-10-12-17(13-11-16)15-22(3)19(20-2)21-14-8-6-5-7-9-18(23)24-4;/h10-13H,5-9,14-15H2,1-4H3,(H,20,21);1H. The number of aryl methyl sites for hydroxylation is 1. The van der Waals surface area contributed by atoms with Crippen molar-refractivity contribution in [2.24, 2.45) is 4.99 Å². The van der Waals surface area contributed by atoms with Gasteiger partial charge >= 0.3 is 5.97 Å². The highest BCUT2D eigenvalue weighted by atomic mass is 127. The second-order valence-electron chi connectivity index (χ2n) is 6.06. The predicted molar refractivity (Wildman–Crippen MR) is 115 cm³/mol. The first-order chi connectivity index (χ1) is 11.6. The third-order valence-corrected chi connectivity index (χ3v) is 3.93. The van der Waals surface area contributed by atoms with Gasteiger partial charge in [-0.15, -0.1) is 24.0 Å². The molecule has 1 aromatic carbocycles. The van der Waals surface area contributed by atoms with Crippen LogP contribution in [0.4, 0.5) is 0 Å². The summed E-state index contributed by atoms with van der Waals surface area (Å²) in [4.78, 5) is 17.5. The van der Waals surface area contributed by atoms with Crippen LogP contribution in [0.1, 0.15) is 43.2 Å². The molecule has 0 aliphatic heterocycles. The topological polar surface area (TPSA) is 53.9 Å². The minimum Gasteiger partial charge on any atom is -0.469 e. The van der Waals surface area contributed by atoms with E-state index in [0.29, 0.717) is 6.42 Å². The Balaban J connectivity index is 0.00000576. The number of halogens is 1. The number of guanidine groups is 1. The number of carbonyl (C=O) groups excluding carboxylic acids is 1. The van der Waals surface area contributed by atoms with E-state index in [1.807, 2.05) is 14.1 Å². The second kappa shape index (κ2) is 13.9. The summed E-state index contributed by atoms with van der Waals surface area (Å²) in [6.07, 6.45) is 4.63. The van der Waals surface area contributed by atoms with Gasteiger partial charge in [-0.25, -0.2) is 0 Å². The molecular formula is C19H32IN3O2. The van der Waals surface area contributed by atoms with Crippen LogP contribution in [0.15, 0.2) is 29.3 Å². The van der Waals surface area contributed by atoms with E-state index in [1.165, 1.54) is 18.2 Å². The van der Waals surface area contributed by atoms with E-state index >= 15 is 0 Å². The first kappa shape index (κ1) is 23.7. The summed E-state index contributed by atoms with van der Waals surface area (Å²) < 4.78 is 4.63. The Kier molecular flexibility index (Phi) is 13.2. The molecule has 6 heteroatoms. The summed E-state index contributed by atoms with van der Waals surface area (Å²) in [5.74, 6) is 0.788. The molecule has 0 radical (unpaired) electrons. The Bertz CT molecular complexity index is 518. The minimum absolute atomic E-state index is 0. The van der Waals surface area contributed by atoms with Gasteiger partial charge in [-0.1, -0.05) is 42.7 Å². The van der Waals surface area contributed by atoms with Gasteiger partial charge in [-0.3, -0.25) is 9.79 Å². The van der Waals surface area contributed by atoms with E-state index in [4.69, 9.17) is 0 Å². The van der Waals surface area contributed by atoms with Crippen LogP contribution in [0, 0.1) is 6.92 Å². The van der Waals surface area contributed by atoms with E-state index in [0.717, 1.165) is 44.7 Å². The largest absolute Gasteiger partial charge is 0.469 e. The SMILES string of the molecule is CN=C(NCCCCCCC(=O)OC)N(C)Cc1ccc(C)cc1.I. The van der Waals surface area contributed by atoms with Crippen LogP contribution < -0.4 is 5.32 Å². The molecule has 0 atom stereocenters. The molecule has 0 aromatic heterocycles. The molecule has 0 amide bonds. The fourth-order valence-corrected chi connectivity index (χ4v) is 2.48. The van der Waals surface area contributed by atoms with Crippen LogP contribution in [0.3, 0.4) is 0 Å². The van der Waals surface area contributed by atoms with E-state index in [-0.39, 0.29) is 29.9 Å². The number of nitrogens with zero attached hydrogens (tertiary/aromatic N) is 2. The van der Waals surface area contributed by atoms with Gasteiger partial charge in [0.05, 0.1) is 7.11 Å². The summed E-state index contributed by atoms with van der Waals surface area (Å²) in [5.41, 5.74) is 2.55. The van der Waals surface area contributed by atoms with Gasteiger partial charge in [0.25, 0.3) is 0 Å². The average Bonchev–Trinajstić information content (AvgIpc) is 2.59. The highest BCUT2D eigenvalue weighted by Gasteiger charge is 2.06. The van der Waals surface area contributed by atoms with Gasteiger partial charge in [0.15, 0.2) is 5.96 Å². The number of unbranched alkanes of at least 4 members (excludes halogenated alkanes) is 3. The Labute approximate surface area is 169 Å². The van der Waals surface area contributed by atoms with Gasteiger partial charge in [-0.2, -0.15) is 0 Å². The lowest BCUT2D eigenvalue weighted by Gasteiger charge is -2.22. The number of esters is 1. The number of hydrogen-bond acceptors (Lipinski definition) is 3. The molecule has 1 aromatic rings. The van der Waals surface area contributed by atoms with Gasteiger partial charge < -0.3 is 15.0 Å². The van der Waals surface area contributed by atoms with Crippen molar-refractivity contribution in [1.82, 2.24) is 10.2 Å². The number of benzene rings is 1. The van der Waals surface area contributed by atoms with Crippen LogP contribution >= 0.6 is 24.0 Å². The summed E-state index contributed by atoms with van der Waals surface area (Å²) in [5, 5.41) is 3.40. The monoisotopic (exact) mass is 461 g/mol. The van der Waals surface area contributed by atoms with E-state index < -0.39 is 0 Å². The quantitative estimate of drug-likeness (QED) is 0.200. The number of carbonyl (C=O) groups is 1. The molecule has 1 rings (SSSR count). The molecule has 0 aliphatic rings. The third kappa shape index (κ3) is 10.3. The third-order valence-electron chi connectivity index (χ3n) is 3.93.